The van der Waals surface area contributed by atoms with E-state index >= 15 is 0 Å². The van der Waals surface area contributed by atoms with Crippen LogP contribution in [0.2, 0.25) is 0 Å². The number of rotatable bonds is 3. The van der Waals surface area contributed by atoms with Gasteiger partial charge in [-0.25, -0.2) is 14.0 Å². The van der Waals surface area contributed by atoms with E-state index in [9.17, 15) is 14.0 Å². The Balaban J connectivity index is 2.91. The lowest BCUT2D eigenvalue weighted by atomic mass is 9.87. The largest absolute Gasteiger partial charge is 0.480 e. The molecule has 6 nitrogen and oxygen atoms in total. The molecule has 0 radical (unpaired) electrons. The van der Waals surface area contributed by atoms with Crippen LogP contribution in [0.1, 0.15) is 26.3 Å². The molecule has 0 unspecified atom stereocenters. The van der Waals surface area contributed by atoms with E-state index in [1.54, 1.807) is 26.8 Å². The molecule has 7 heteroatoms. The first-order valence-corrected chi connectivity index (χ1v) is 6.15. The van der Waals surface area contributed by atoms with Gasteiger partial charge in [0.15, 0.2) is 0 Å². The number of hydrogen-bond acceptors (Lipinski definition) is 3. The van der Waals surface area contributed by atoms with Crippen LogP contribution in [0, 0.1) is 22.6 Å². The monoisotopic (exact) mass is 293 g/mol. The van der Waals surface area contributed by atoms with E-state index in [4.69, 9.17) is 10.4 Å². The third kappa shape index (κ3) is 4.18. The molecule has 21 heavy (non-hydrogen) atoms. The molecule has 0 aliphatic carbocycles. The fourth-order valence-electron chi connectivity index (χ4n) is 1.68. The van der Waals surface area contributed by atoms with Crippen molar-refractivity contribution in [3.63, 3.8) is 0 Å². The molecular formula is C14H16FN3O3. The van der Waals surface area contributed by atoms with Gasteiger partial charge >= 0.3 is 12.0 Å². The van der Waals surface area contributed by atoms with Gasteiger partial charge < -0.3 is 15.7 Å². The standard InChI is InChI=1S/C14H16FN3O3/c1-14(2,3)11(12(19)20)18-13(21)17-10-6-4-5-9(15)8(10)7-16/h4-6,11H,1-3H3,(H,19,20)(H2,17,18,21)/t11-/m1/s1. The zero-order chi connectivity index (χ0) is 16.2. The van der Waals surface area contributed by atoms with Crippen molar-refractivity contribution in [3.05, 3.63) is 29.6 Å². The summed E-state index contributed by atoms with van der Waals surface area (Å²) in [5.41, 5.74) is -1.04. The number of carboxylic acids is 1. The molecule has 0 fully saturated rings. The minimum atomic E-state index is -1.18. The number of carbonyl (C=O) groups excluding carboxylic acids is 1. The molecule has 1 aromatic rings. The van der Waals surface area contributed by atoms with Crippen LogP contribution in [0.5, 0.6) is 0 Å². The number of urea groups is 1. The number of amides is 2. The Labute approximate surface area is 121 Å². The fraction of sp³-hybridized carbons (Fsp3) is 0.357. The Hall–Kier alpha value is -2.62. The first kappa shape index (κ1) is 16.4. The number of nitrogens with one attached hydrogen (secondary N) is 2. The first-order chi connectivity index (χ1) is 9.66. The second-order valence-electron chi connectivity index (χ2n) is 5.51. The smallest absolute Gasteiger partial charge is 0.326 e. The van der Waals surface area contributed by atoms with Gasteiger partial charge in [-0.1, -0.05) is 26.8 Å². The van der Waals surface area contributed by atoms with Crippen LogP contribution in [0.4, 0.5) is 14.9 Å². The average Bonchev–Trinajstić information content (AvgIpc) is 2.34. The maximum absolute atomic E-state index is 13.4. The van der Waals surface area contributed by atoms with Crippen LogP contribution >= 0.6 is 0 Å². The van der Waals surface area contributed by atoms with Gasteiger partial charge in [0.2, 0.25) is 0 Å². The molecule has 0 bridgehead atoms. The first-order valence-electron chi connectivity index (χ1n) is 6.15. The number of halogens is 1. The van der Waals surface area contributed by atoms with E-state index in [1.165, 1.54) is 12.1 Å². The number of aliphatic carboxylic acids is 1. The van der Waals surface area contributed by atoms with Crippen LogP contribution in [0.15, 0.2) is 18.2 Å². The minimum absolute atomic E-state index is 0.0203. The Morgan fingerprint density at radius 2 is 2.00 bits per heavy atom. The molecule has 0 aliphatic rings. The van der Waals surface area contributed by atoms with Gasteiger partial charge in [-0.05, 0) is 17.5 Å². The number of anilines is 1. The number of carbonyl (C=O) groups is 2. The van der Waals surface area contributed by atoms with Crippen molar-refractivity contribution in [1.29, 1.82) is 5.26 Å². The van der Waals surface area contributed by atoms with E-state index in [-0.39, 0.29) is 11.3 Å². The van der Waals surface area contributed by atoms with Crippen molar-refractivity contribution in [1.82, 2.24) is 5.32 Å². The van der Waals surface area contributed by atoms with Crippen molar-refractivity contribution >= 4 is 17.7 Å². The van der Waals surface area contributed by atoms with Crippen molar-refractivity contribution in [2.45, 2.75) is 26.8 Å². The summed E-state index contributed by atoms with van der Waals surface area (Å²) in [6, 6.07) is 3.48. The number of benzene rings is 1. The molecule has 1 atom stereocenters. The molecule has 0 saturated heterocycles. The molecule has 0 heterocycles. The van der Waals surface area contributed by atoms with E-state index in [0.29, 0.717) is 0 Å². The summed E-state index contributed by atoms with van der Waals surface area (Å²) in [6.07, 6.45) is 0. The lowest BCUT2D eigenvalue weighted by Gasteiger charge is -2.27. The van der Waals surface area contributed by atoms with Crippen LogP contribution in [0.25, 0.3) is 0 Å². The molecule has 0 spiro atoms. The van der Waals surface area contributed by atoms with Gasteiger partial charge in [0.25, 0.3) is 0 Å². The van der Waals surface area contributed by atoms with Crippen LogP contribution in [-0.2, 0) is 4.79 Å². The van der Waals surface area contributed by atoms with Gasteiger partial charge in [-0.2, -0.15) is 5.26 Å². The zero-order valence-electron chi connectivity index (χ0n) is 11.9. The fourth-order valence-corrected chi connectivity index (χ4v) is 1.68. The maximum Gasteiger partial charge on any atom is 0.326 e. The summed E-state index contributed by atoms with van der Waals surface area (Å²) in [4.78, 5) is 23.0. The molecular weight excluding hydrogens is 277 g/mol. The lowest BCUT2D eigenvalue weighted by molar-refractivity contribution is -0.141. The van der Waals surface area contributed by atoms with Crippen molar-refractivity contribution in [2.75, 3.05) is 5.32 Å². The van der Waals surface area contributed by atoms with Gasteiger partial charge in [-0.15, -0.1) is 0 Å². The highest BCUT2D eigenvalue weighted by atomic mass is 19.1. The van der Waals surface area contributed by atoms with Crippen LogP contribution < -0.4 is 10.6 Å². The van der Waals surface area contributed by atoms with Crippen LogP contribution in [-0.4, -0.2) is 23.1 Å². The molecule has 1 aromatic carbocycles. The molecule has 2 amide bonds. The summed E-state index contributed by atoms with van der Waals surface area (Å²) in [7, 11) is 0. The highest BCUT2D eigenvalue weighted by Gasteiger charge is 2.32. The lowest BCUT2D eigenvalue weighted by Crippen LogP contribution is -2.50. The number of hydrogen-bond donors (Lipinski definition) is 3. The third-order valence-electron chi connectivity index (χ3n) is 2.76. The van der Waals surface area contributed by atoms with Gasteiger partial charge in [0.1, 0.15) is 23.5 Å². The van der Waals surface area contributed by atoms with Gasteiger partial charge in [0.05, 0.1) is 5.69 Å². The summed E-state index contributed by atoms with van der Waals surface area (Å²) in [6.45, 7) is 4.98. The maximum atomic E-state index is 13.4. The summed E-state index contributed by atoms with van der Waals surface area (Å²) < 4.78 is 13.4. The molecule has 112 valence electrons. The normalized spacial score (nSPS) is 12.1. The second-order valence-corrected chi connectivity index (χ2v) is 5.51. The third-order valence-corrected chi connectivity index (χ3v) is 2.76. The van der Waals surface area contributed by atoms with Crippen LogP contribution in [0.3, 0.4) is 0 Å². The molecule has 0 aliphatic heterocycles. The quantitative estimate of drug-likeness (QED) is 0.795. The van der Waals surface area contributed by atoms with E-state index in [2.05, 4.69) is 10.6 Å². The Kier molecular flexibility index (Phi) is 4.87. The zero-order valence-corrected chi connectivity index (χ0v) is 11.9. The SMILES string of the molecule is CC(C)(C)[C@H](NC(=O)Nc1cccc(F)c1C#N)C(=O)O. The van der Waals surface area contributed by atoms with Crippen molar-refractivity contribution in [3.8, 4) is 6.07 Å². The molecule has 0 saturated carbocycles. The van der Waals surface area contributed by atoms with Gasteiger partial charge in [-0.3, -0.25) is 0 Å². The number of nitriles is 1. The highest BCUT2D eigenvalue weighted by Crippen LogP contribution is 2.21. The molecule has 1 rings (SSSR count). The van der Waals surface area contributed by atoms with E-state index in [1.807, 2.05) is 0 Å². The van der Waals surface area contributed by atoms with Gasteiger partial charge in [0, 0.05) is 0 Å². The minimum Gasteiger partial charge on any atom is -0.480 e. The Bertz CT molecular complexity index is 602. The Morgan fingerprint density at radius 3 is 2.48 bits per heavy atom. The summed E-state index contributed by atoms with van der Waals surface area (Å²) in [5.74, 6) is -1.95. The Morgan fingerprint density at radius 1 is 1.38 bits per heavy atom. The average molecular weight is 293 g/mol. The van der Waals surface area contributed by atoms with Crippen molar-refractivity contribution < 1.29 is 19.1 Å². The van der Waals surface area contributed by atoms with Crippen molar-refractivity contribution in [2.24, 2.45) is 5.41 Å². The molecule has 0 aromatic heterocycles. The predicted molar refractivity (Wildman–Crippen MR) is 74.1 cm³/mol. The predicted octanol–water partition coefficient (Wildman–Crippen LogP) is 2.32. The second kappa shape index (κ2) is 6.22. The topological polar surface area (TPSA) is 102 Å². The number of nitrogens with zero attached hydrogens (tertiary/aromatic N) is 1. The molecule has 3 N–H and O–H groups in total. The highest BCUT2D eigenvalue weighted by molar-refractivity contribution is 5.93. The number of carboxylic acid groups (broad SMARTS) is 1. The van der Waals surface area contributed by atoms with E-state index < -0.39 is 29.3 Å². The summed E-state index contributed by atoms with van der Waals surface area (Å²) in [5, 5.41) is 22.5. The van der Waals surface area contributed by atoms with E-state index in [0.717, 1.165) is 6.07 Å². The summed E-state index contributed by atoms with van der Waals surface area (Å²) >= 11 is 0.